The summed E-state index contributed by atoms with van der Waals surface area (Å²) in [5.41, 5.74) is 9.75. The van der Waals surface area contributed by atoms with E-state index in [1.807, 2.05) is 12.1 Å². The number of rotatable bonds is 5. The van der Waals surface area contributed by atoms with Gasteiger partial charge in [-0.3, -0.25) is 0 Å². The van der Waals surface area contributed by atoms with Crippen molar-refractivity contribution in [2.45, 2.75) is 0 Å². The van der Waals surface area contributed by atoms with E-state index in [2.05, 4.69) is 181 Å². The molecule has 234 valence electrons. The van der Waals surface area contributed by atoms with Gasteiger partial charge in [0.15, 0.2) is 0 Å². The van der Waals surface area contributed by atoms with Crippen molar-refractivity contribution in [2.24, 2.45) is 0 Å². The summed E-state index contributed by atoms with van der Waals surface area (Å²) in [4.78, 5) is 2.31. The van der Waals surface area contributed by atoms with E-state index < -0.39 is 0 Å². The zero-order chi connectivity index (χ0) is 33.0. The average molecular weight is 638 g/mol. The average Bonchev–Trinajstić information content (AvgIpc) is 3.58. The van der Waals surface area contributed by atoms with Crippen LogP contribution in [0.25, 0.3) is 76.5 Å². The number of fused-ring (bicyclic) bond motifs is 8. The van der Waals surface area contributed by atoms with E-state index in [4.69, 9.17) is 4.42 Å². The zero-order valence-corrected chi connectivity index (χ0v) is 27.3. The van der Waals surface area contributed by atoms with E-state index in [1.165, 1.54) is 43.4 Å². The van der Waals surface area contributed by atoms with E-state index in [0.29, 0.717) is 0 Å². The Hall–Kier alpha value is -6.64. The third-order valence-corrected chi connectivity index (χ3v) is 10.1. The van der Waals surface area contributed by atoms with Crippen LogP contribution >= 0.6 is 0 Å². The van der Waals surface area contributed by atoms with Gasteiger partial charge in [-0.2, -0.15) is 0 Å². The summed E-state index contributed by atoms with van der Waals surface area (Å²) < 4.78 is 6.35. The zero-order valence-electron chi connectivity index (χ0n) is 27.3. The van der Waals surface area contributed by atoms with Gasteiger partial charge in [-0.15, -0.1) is 0 Å². The summed E-state index contributed by atoms with van der Waals surface area (Å²) in [5.74, 6) is 0. The molecule has 10 aromatic rings. The largest absolute Gasteiger partial charge is 0.455 e. The number of benzene rings is 9. The molecule has 50 heavy (non-hydrogen) atoms. The van der Waals surface area contributed by atoms with E-state index in [9.17, 15) is 0 Å². The fraction of sp³-hybridized carbons (Fsp3) is 0. The van der Waals surface area contributed by atoms with Crippen molar-refractivity contribution < 1.29 is 4.42 Å². The molecule has 10 rings (SSSR count). The molecule has 9 aromatic carbocycles. The first kappa shape index (κ1) is 28.4. The van der Waals surface area contributed by atoms with Crippen LogP contribution in [-0.2, 0) is 0 Å². The third kappa shape index (κ3) is 4.65. The van der Waals surface area contributed by atoms with Crippen LogP contribution in [0, 0.1) is 0 Å². The van der Waals surface area contributed by atoms with Crippen molar-refractivity contribution in [3.05, 3.63) is 188 Å². The Morgan fingerprint density at radius 1 is 0.320 bits per heavy atom. The van der Waals surface area contributed by atoms with Crippen molar-refractivity contribution in [1.82, 2.24) is 0 Å². The highest BCUT2D eigenvalue weighted by Gasteiger charge is 2.16. The molecule has 0 unspecified atom stereocenters. The second kappa shape index (κ2) is 11.5. The Balaban J connectivity index is 1.02. The minimum atomic E-state index is 0.913. The first-order chi connectivity index (χ1) is 24.8. The molecule has 2 heteroatoms. The van der Waals surface area contributed by atoms with Gasteiger partial charge in [0.25, 0.3) is 0 Å². The number of anilines is 3. The molecular formula is C48H31NO. The van der Waals surface area contributed by atoms with E-state index in [0.717, 1.165) is 50.1 Å². The van der Waals surface area contributed by atoms with Crippen LogP contribution < -0.4 is 4.90 Å². The molecule has 0 amide bonds. The molecule has 0 saturated heterocycles. The Morgan fingerprint density at radius 3 is 1.66 bits per heavy atom. The number of nitrogens with zero attached hydrogens (tertiary/aromatic N) is 1. The normalized spacial score (nSPS) is 11.6. The number of hydrogen-bond donors (Lipinski definition) is 0. The highest BCUT2D eigenvalue weighted by Crippen LogP contribution is 2.40. The molecule has 0 N–H and O–H groups in total. The minimum Gasteiger partial charge on any atom is -0.455 e. The van der Waals surface area contributed by atoms with Crippen molar-refractivity contribution in [2.75, 3.05) is 4.90 Å². The lowest BCUT2D eigenvalue weighted by Crippen LogP contribution is -2.09. The maximum Gasteiger partial charge on any atom is 0.143 e. The smallest absolute Gasteiger partial charge is 0.143 e. The van der Waals surface area contributed by atoms with Crippen LogP contribution in [0.5, 0.6) is 0 Å². The van der Waals surface area contributed by atoms with Gasteiger partial charge >= 0.3 is 0 Å². The van der Waals surface area contributed by atoms with Crippen molar-refractivity contribution >= 4 is 71.3 Å². The van der Waals surface area contributed by atoms with Gasteiger partial charge in [-0.1, -0.05) is 140 Å². The summed E-state index contributed by atoms with van der Waals surface area (Å²) in [6.07, 6.45) is 0. The molecule has 0 bridgehead atoms. The summed E-state index contributed by atoms with van der Waals surface area (Å²) in [5, 5.41) is 9.96. The Kier molecular flexibility index (Phi) is 6.53. The number of para-hydroxylation sites is 3. The molecule has 0 saturated carbocycles. The second-order valence-electron chi connectivity index (χ2n) is 12.9. The highest BCUT2D eigenvalue weighted by atomic mass is 16.3. The SMILES string of the molecule is c1ccc(N(c2ccc(-c3ccc4ccc5c6ccccc6ccc5c4c3)cc2)c2ccc(-c3cccc4c3oc3ccccc34)cc2)cc1. The van der Waals surface area contributed by atoms with Gasteiger partial charge in [0.2, 0.25) is 0 Å². The third-order valence-electron chi connectivity index (χ3n) is 10.1. The maximum atomic E-state index is 6.35. The highest BCUT2D eigenvalue weighted by molar-refractivity contribution is 6.17. The predicted molar refractivity (Wildman–Crippen MR) is 212 cm³/mol. The van der Waals surface area contributed by atoms with Crippen molar-refractivity contribution in [1.29, 1.82) is 0 Å². The Bertz CT molecular complexity index is 2850. The summed E-state index contributed by atoms with van der Waals surface area (Å²) in [7, 11) is 0. The molecule has 1 aromatic heterocycles. The molecule has 1 heterocycles. The fourth-order valence-electron chi connectivity index (χ4n) is 7.59. The van der Waals surface area contributed by atoms with Gasteiger partial charge in [-0.25, -0.2) is 0 Å². The topological polar surface area (TPSA) is 16.4 Å². The molecular weight excluding hydrogens is 607 g/mol. The van der Waals surface area contributed by atoms with Gasteiger partial charge in [-0.05, 0) is 97.5 Å². The lowest BCUT2D eigenvalue weighted by atomic mass is 9.94. The summed E-state index contributed by atoms with van der Waals surface area (Å²) in [6, 6.07) is 67.5. The van der Waals surface area contributed by atoms with E-state index in [-0.39, 0.29) is 0 Å². The standard InChI is InChI=1S/C48H31NO/c1-2-10-37(11-3-1)49(39-27-21-34(22-28-39)41-14-8-15-45-44-13-6-7-16-47(44)50-48(41)45)38-25-19-32(20-26-38)36-18-17-35-24-29-42-40-12-5-4-9-33(40)23-30-43(42)46(35)31-36/h1-31H. The molecule has 0 aliphatic rings. The lowest BCUT2D eigenvalue weighted by Gasteiger charge is -2.26. The Labute approximate surface area is 290 Å². The minimum absolute atomic E-state index is 0.913. The fourth-order valence-corrected chi connectivity index (χ4v) is 7.59. The Morgan fingerprint density at radius 2 is 0.880 bits per heavy atom. The van der Waals surface area contributed by atoms with Crippen LogP contribution in [0.3, 0.4) is 0 Å². The monoisotopic (exact) mass is 637 g/mol. The molecule has 0 fully saturated rings. The second-order valence-corrected chi connectivity index (χ2v) is 12.9. The first-order valence-corrected chi connectivity index (χ1v) is 17.1. The first-order valence-electron chi connectivity index (χ1n) is 17.1. The molecule has 0 aliphatic heterocycles. The van der Waals surface area contributed by atoms with Crippen LogP contribution in [0.2, 0.25) is 0 Å². The maximum absolute atomic E-state index is 6.35. The van der Waals surface area contributed by atoms with E-state index in [1.54, 1.807) is 0 Å². The van der Waals surface area contributed by atoms with Gasteiger partial charge in [0, 0.05) is 33.4 Å². The van der Waals surface area contributed by atoms with Crippen LogP contribution in [0.4, 0.5) is 17.1 Å². The quantitative estimate of drug-likeness (QED) is 0.175. The van der Waals surface area contributed by atoms with Crippen molar-refractivity contribution in [3.8, 4) is 22.3 Å². The van der Waals surface area contributed by atoms with Crippen LogP contribution in [-0.4, -0.2) is 0 Å². The summed E-state index contributed by atoms with van der Waals surface area (Å²) >= 11 is 0. The number of hydrogen-bond acceptors (Lipinski definition) is 2. The van der Waals surface area contributed by atoms with Crippen LogP contribution in [0.15, 0.2) is 192 Å². The summed E-state index contributed by atoms with van der Waals surface area (Å²) in [6.45, 7) is 0. The van der Waals surface area contributed by atoms with Gasteiger partial charge in [0.1, 0.15) is 11.2 Å². The lowest BCUT2D eigenvalue weighted by molar-refractivity contribution is 0.670. The molecule has 0 radical (unpaired) electrons. The molecule has 0 aliphatic carbocycles. The predicted octanol–water partition coefficient (Wildman–Crippen LogP) is 13.8. The molecule has 2 nitrogen and oxygen atoms in total. The van der Waals surface area contributed by atoms with Gasteiger partial charge in [0.05, 0.1) is 0 Å². The number of furan rings is 1. The van der Waals surface area contributed by atoms with E-state index >= 15 is 0 Å². The molecule has 0 atom stereocenters. The van der Waals surface area contributed by atoms with Gasteiger partial charge < -0.3 is 9.32 Å². The van der Waals surface area contributed by atoms with Crippen molar-refractivity contribution in [3.63, 3.8) is 0 Å². The van der Waals surface area contributed by atoms with Crippen LogP contribution in [0.1, 0.15) is 0 Å². The molecule has 0 spiro atoms.